The van der Waals surface area contributed by atoms with Crippen molar-refractivity contribution in [2.24, 2.45) is 5.73 Å². The zero-order valence-electron chi connectivity index (χ0n) is 11.5. The number of rotatable bonds is 6. The van der Waals surface area contributed by atoms with E-state index in [2.05, 4.69) is 4.72 Å². The smallest absolute Gasteiger partial charge is 0.216 e. The summed E-state index contributed by atoms with van der Waals surface area (Å²) < 4.78 is 31.9. The maximum atomic E-state index is 12.0. The lowest BCUT2D eigenvalue weighted by molar-refractivity contribution is 0.475. The van der Waals surface area contributed by atoms with Crippen molar-refractivity contribution in [3.05, 3.63) is 59.0 Å². The number of benzene rings is 1. The summed E-state index contributed by atoms with van der Waals surface area (Å²) in [5.41, 5.74) is 6.82. The van der Waals surface area contributed by atoms with E-state index >= 15 is 0 Å². The first-order valence-electron chi connectivity index (χ1n) is 6.27. The highest BCUT2D eigenvalue weighted by Gasteiger charge is 2.13. The van der Waals surface area contributed by atoms with Gasteiger partial charge in [0, 0.05) is 5.56 Å². The Balaban J connectivity index is 2.03. The van der Waals surface area contributed by atoms with Crippen LogP contribution >= 0.6 is 12.2 Å². The molecule has 7 heteroatoms. The van der Waals surface area contributed by atoms with Gasteiger partial charge in [-0.05, 0) is 30.7 Å². The molecule has 0 aliphatic rings. The number of hydrogen-bond acceptors (Lipinski definition) is 4. The Kier molecular flexibility index (Phi) is 4.76. The molecule has 0 radical (unpaired) electrons. The predicted octanol–water partition coefficient (Wildman–Crippen LogP) is 1.84. The van der Waals surface area contributed by atoms with Gasteiger partial charge in [0.1, 0.15) is 16.5 Å². The third kappa shape index (κ3) is 4.66. The number of hydrogen-bond donors (Lipinski definition) is 2. The van der Waals surface area contributed by atoms with E-state index in [1.165, 1.54) is 0 Å². The van der Waals surface area contributed by atoms with E-state index in [9.17, 15) is 8.42 Å². The van der Waals surface area contributed by atoms with Gasteiger partial charge in [-0.2, -0.15) is 0 Å². The second-order valence-electron chi connectivity index (χ2n) is 4.66. The second-order valence-corrected chi connectivity index (χ2v) is 6.90. The minimum atomic E-state index is -3.46. The van der Waals surface area contributed by atoms with Gasteiger partial charge < -0.3 is 10.2 Å². The second kappa shape index (κ2) is 6.38. The van der Waals surface area contributed by atoms with Gasteiger partial charge in [0.25, 0.3) is 0 Å². The fraction of sp³-hybridized carbons (Fsp3) is 0.214. The molecule has 21 heavy (non-hydrogen) atoms. The molecule has 1 aromatic heterocycles. The van der Waals surface area contributed by atoms with E-state index in [-0.39, 0.29) is 17.3 Å². The van der Waals surface area contributed by atoms with E-state index in [0.717, 1.165) is 5.76 Å². The van der Waals surface area contributed by atoms with Gasteiger partial charge in [-0.1, -0.05) is 30.4 Å². The zero-order chi connectivity index (χ0) is 15.5. The summed E-state index contributed by atoms with van der Waals surface area (Å²) in [4.78, 5) is 0.244. The van der Waals surface area contributed by atoms with Crippen molar-refractivity contribution in [1.82, 2.24) is 4.72 Å². The van der Waals surface area contributed by atoms with Crippen molar-refractivity contribution in [2.75, 3.05) is 0 Å². The highest BCUT2D eigenvalue weighted by molar-refractivity contribution is 7.88. The van der Waals surface area contributed by atoms with Crippen LogP contribution in [0.15, 0.2) is 40.8 Å². The molecule has 2 aromatic rings. The number of thiocarbonyl (C=S) groups is 1. The highest BCUT2D eigenvalue weighted by atomic mass is 32.2. The molecular weight excluding hydrogens is 308 g/mol. The van der Waals surface area contributed by atoms with Crippen molar-refractivity contribution in [2.45, 2.75) is 19.2 Å². The lowest BCUT2D eigenvalue weighted by atomic mass is 10.1. The van der Waals surface area contributed by atoms with Crippen molar-refractivity contribution in [3.63, 3.8) is 0 Å². The van der Waals surface area contributed by atoms with Crippen LogP contribution in [0.25, 0.3) is 0 Å². The monoisotopic (exact) mass is 324 g/mol. The topological polar surface area (TPSA) is 85.3 Å². The summed E-state index contributed by atoms with van der Waals surface area (Å²) in [5, 5.41) is 0. The number of nitrogens with one attached hydrogen (secondary N) is 1. The van der Waals surface area contributed by atoms with Gasteiger partial charge in [0.2, 0.25) is 10.0 Å². The van der Waals surface area contributed by atoms with Crippen LogP contribution < -0.4 is 10.5 Å². The summed E-state index contributed by atoms with van der Waals surface area (Å²) in [5.74, 6) is 1.18. The molecule has 2 rings (SSSR count). The fourth-order valence-electron chi connectivity index (χ4n) is 1.85. The normalized spacial score (nSPS) is 11.5. The summed E-state index contributed by atoms with van der Waals surface area (Å²) in [6.07, 6.45) is 0. The van der Waals surface area contributed by atoms with Crippen molar-refractivity contribution < 1.29 is 12.8 Å². The largest absolute Gasteiger partial charge is 0.465 e. The maximum Gasteiger partial charge on any atom is 0.216 e. The van der Waals surface area contributed by atoms with E-state index in [1.807, 2.05) is 0 Å². The minimum absolute atomic E-state index is 0.130. The molecule has 0 bridgehead atoms. The Morgan fingerprint density at radius 3 is 2.71 bits per heavy atom. The summed E-state index contributed by atoms with van der Waals surface area (Å²) in [6, 6.07) is 10.4. The molecule has 0 saturated carbocycles. The Morgan fingerprint density at radius 1 is 1.33 bits per heavy atom. The van der Waals surface area contributed by atoms with E-state index in [0.29, 0.717) is 16.9 Å². The van der Waals surface area contributed by atoms with Crippen molar-refractivity contribution >= 4 is 27.2 Å². The van der Waals surface area contributed by atoms with Gasteiger partial charge in [-0.3, -0.25) is 0 Å². The number of aryl methyl sites for hydroxylation is 1. The fourth-order valence-corrected chi connectivity index (χ4v) is 3.06. The molecule has 0 unspecified atom stereocenters. The molecule has 112 valence electrons. The van der Waals surface area contributed by atoms with Crippen molar-refractivity contribution in [3.8, 4) is 0 Å². The minimum Gasteiger partial charge on any atom is -0.465 e. The Morgan fingerprint density at radius 2 is 2.10 bits per heavy atom. The van der Waals surface area contributed by atoms with E-state index in [1.54, 1.807) is 43.3 Å². The molecule has 0 fully saturated rings. The highest BCUT2D eigenvalue weighted by Crippen LogP contribution is 2.10. The first kappa shape index (κ1) is 15.7. The molecule has 1 heterocycles. The van der Waals surface area contributed by atoms with Gasteiger partial charge in [0.05, 0.1) is 12.3 Å². The maximum absolute atomic E-state index is 12.0. The molecule has 5 nitrogen and oxygen atoms in total. The van der Waals surface area contributed by atoms with Crippen LogP contribution in [0.4, 0.5) is 0 Å². The number of sulfonamides is 1. The van der Waals surface area contributed by atoms with Crippen LogP contribution in [-0.4, -0.2) is 13.4 Å². The van der Waals surface area contributed by atoms with Crippen LogP contribution in [-0.2, 0) is 22.3 Å². The molecule has 0 spiro atoms. The molecule has 0 aliphatic heterocycles. The Labute approximate surface area is 129 Å². The predicted molar refractivity (Wildman–Crippen MR) is 85.2 cm³/mol. The average Bonchev–Trinajstić information content (AvgIpc) is 2.82. The van der Waals surface area contributed by atoms with E-state index in [4.69, 9.17) is 22.4 Å². The molecule has 0 aliphatic carbocycles. The van der Waals surface area contributed by atoms with Crippen LogP contribution in [0.2, 0.25) is 0 Å². The summed E-state index contributed by atoms with van der Waals surface area (Å²) >= 11 is 4.88. The van der Waals surface area contributed by atoms with Crippen LogP contribution in [0.5, 0.6) is 0 Å². The average molecular weight is 324 g/mol. The first-order valence-corrected chi connectivity index (χ1v) is 8.33. The SMILES string of the molecule is Cc1ccc(CNS(=O)(=O)Cc2cccc(C(N)=S)c2)o1. The quantitative estimate of drug-likeness (QED) is 0.792. The number of nitrogens with two attached hydrogens (primary N) is 1. The van der Waals surface area contributed by atoms with Crippen LogP contribution in [0.1, 0.15) is 22.6 Å². The Bertz CT molecular complexity index is 751. The van der Waals surface area contributed by atoms with Gasteiger partial charge in [-0.25, -0.2) is 13.1 Å². The standard InChI is InChI=1S/C14H16N2O3S2/c1-10-5-6-13(19-10)8-16-21(17,18)9-11-3-2-4-12(7-11)14(15)20/h2-7,16H,8-9H2,1H3,(H2,15,20). The molecule has 0 amide bonds. The van der Waals surface area contributed by atoms with Crippen LogP contribution in [0.3, 0.4) is 0 Å². The lowest BCUT2D eigenvalue weighted by Crippen LogP contribution is -2.24. The van der Waals surface area contributed by atoms with Crippen molar-refractivity contribution in [1.29, 1.82) is 0 Å². The molecule has 0 saturated heterocycles. The first-order chi connectivity index (χ1) is 9.85. The Hall–Kier alpha value is -1.70. The zero-order valence-corrected chi connectivity index (χ0v) is 13.1. The summed E-state index contributed by atoms with van der Waals surface area (Å²) in [7, 11) is -3.46. The molecule has 1 aromatic carbocycles. The molecule has 0 atom stereocenters. The molecule has 3 N–H and O–H groups in total. The third-order valence-electron chi connectivity index (χ3n) is 2.83. The van der Waals surface area contributed by atoms with Crippen LogP contribution in [0, 0.1) is 6.92 Å². The van der Waals surface area contributed by atoms with Gasteiger partial charge in [0.15, 0.2) is 0 Å². The third-order valence-corrected chi connectivity index (χ3v) is 4.36. The summed E-state index contributed by atoms with van der Waals surface area (Å²) in [6.45, 7) is 1.93. The van der Waals surface area contributed by atoms with E-state index < -0.39 is 10.0 Å². The lowest BCUT2D eigenvalue weighted by Gasteiger charge is -2.07. The molecular formula is C14H16N2O3S2. The van der Waals surface area contributed by atoms with Gasteiger partial charge in [-0.15, -0.1) is 0 Å². The number of furan rings is 1. The van der Waals surface area contributed by atoms with Gasteiger partial charge >= 0.3 is 0 Å².